The number of nitrogens with zero attached hydrogens (tertiary/aromatic N) is 1. The molecule has 0 spiro atoms. The van der Waals surface area contributed by atoms with Crippen LogP contribution in [0.25, 0.3) is 5.57 Å². The Labute approximate surface area is 136 Å². The Morgan fingerprint density at radius 3 is 2.59 bits per heavy atom. The molecule has 0 radical (unpaired) electrons. The van der Waals surface area contributed by atoms with Crippen molar-refractivity contribution < 1.29 is 0 Å². The molecule has 0 aliphatic carbocycles. The molecule has 0 amide bonds. The Hall–Kier alpha value is -1.78. The highest BCUT2D eigenvalue weighted by atomic mass is 15.1. The van der Waals surface area contributed by atoms with Crippen molar-refractivity contribution in [2.45, 2.75) is 41.2 Å². The van der Waals surface area contributed by atoms with Crippen LogP contribution < -0.4 is 0 Å². The van der Waals surface area contributed by atoms with Gasteiger partial charge in [0.1, 0.15) is 0 Å². The molecule has 1 rings (SSSR count). The molecule has 0 aliphatic heterocycles. The average molecular weight is 295 g/mol. The zero-order chi connectivity index (χ0) is 16.8. The molecule has 118 valence electrons. The van der Waals surface area contributed by atoms with Crippen LogP contribution in [0, 0.1) is 24.2 Å². The van der Waals surface area contributed by atoms with E-state index < -0.39 is 0 Å². The van der Waals surface area contributed by atoms with Crippen LogP contribution >= 0.6 is 0 Å². The standard InChI is InChI=1S/C21H29N/c1-17(2)19-13-11-12-18(3)20(19)16-22(7)15-10-8-9-14-21(4,5)6/h8,10-13H,1,15-16H2,2-7H3/b10-8+. The van der Waals surface area contributed by atoms with Gasteiger partial charge < -0.3 is 0 Å². The minimum Gasteiger partial charge on any atom is -0.298 e. The summed E-state index contributed by atoms with van der Waals surface area (Å²) in [6, 6.07) is 6.42. The molecule has 0 saturated carbocycles. The highest BCUT2D eigenvalue weighted by Crippen LogP contribution is 2.22. The Morgan fingerprint density at radius 1 is 1.32 bits per heavy atom. The summed E-state index contributed by atoms with van der Waals surface area (Å²) < 4.78 is 0. The van der Waals surface area contributed by atoms with Gasteiger partial charge in [0.25, 0.3) is 0 Å². The molecule has 22 heavy (non-hydrogen) atoms. The zero-order valence-corrected chi connectivity index (χ0v) is 15.0. The molecule has 0 aliphatic rings. The van der Waals surface area contributed by atoms with Crippen molar-refractivity contribution in [3.8, 4) is 11.8 Å². The molecule has 0 unspecified atom stereocenters. The normalized spacial score (nSPS) is 11.6. The van der Waals surface area contributed by atoms with Gasteiger partial charge in [0, 0.05) is 18.5 Å². The third-order valence-corrected chi connectivity index (χ3v) is 3.36. The minimum absolute atomic E-state index is 0.0633. The van der Waals surface area contributed by atoms with Crippen LogP contribution in [-0.2, 0) is 6.54 Å². The van der Waals surface area contributed by atoms with Crippen LogP contribution in [0.1, 0.15) is 44.4 Å². The molecule has 0 aromatic heterocycles. The van der Waals surface area contributed by atoms with Gasteiger partial charge in [0.05, 0.1) is 0 Å². The summed E-state index contributed by atoms with van der Waals surface area (Å²) in [6.45, 7) is 16.5. The van der Waals surface area contributed by atoms with Crippen molar-refractivity contribution in [1.82, 2.24) is 4.90 Å². The predicted octanol–water partition coefficient (Wildman–Crippen LogP) is 5.07. The fraction of sp³-hybridized carbons (Fsp3) is 0.429. The van der Waals surface area contributed by atoms with Gasteiger partial charge in [-0.2, -0.15) is 0 Å². The SMILES string of the molecule is C=C(C)c1cccc(C)c1CN(C)C/C=C/C#CC(C)(C)C. The molecule has 0 bridgehead atoms. The highest BCUT2D eigenvalue weighted by molar-refractivity contribution is 5.65. The van der Waals surface area contributed by atoms with Gasteiger partial charge in [-0.05, 0) is 64.4 Å². The average Bonchev–Trinajstić information content (AvgIpc) is 2.39. The molecule has 1 aromatic rings. The first-order chi connectivity index (χ1) is 10.2. The number of hydrogen-bond acceptors (Lipinski definition) is 1. The summed E-state index contributed by atoms with van der Waals surface area (Å²) >= 11 is 0. The van der Waals surface area contributed by atoms with E-state index in [0.29, 0.717) is 0 Å². The zero-order valence-electron chi connectivity index (χ0n) is 15.0. The second-order valence-corrected chi connectivity index (χ2v) is 7.00. The van der Waals surface area contributed by atoms with Gasteiger partial charge >= 0.3 is 0 Å². The Kier molecular flexibility index (Phi) is 6.65. The van der Waals surface area contributed by atoms with Crippen molar-refractivity contribution in [2.75, 3.05) is 13.6 Å². The number of hydrogen-bond donors (Lipinski definition) is 0. The van der Waals surface area contributed by atoms with Gasteiger partial charge in [-0.3, -0.25) is 4.90 Å². The summed E-state index contributed by atoms with van der Waals surface area (Å²) in [5.74, 6) is 6.33. The molecular weight excluding hydrogens is 266 g/mol. The lowest BCUT2D eigenvalue weighted by atomic mass is 9.97. The van der Waals surface area contributed by atoms with Crippen LogP contribution in [0.3, 0.4) is 0 Å². The first-order valence-electron chi connectivity index (χ1n) is 7.81. The second-order valence-electron chi connectivity index (χ2n) is 7.00. The van der Waals surface area contributed by atoms with Gasteiger partial charge in [0.2, 0.25) is 0 Å². The largest absolute Gasteiger partial charge is 0.298 e. The minimum atomic E-state index is 0.0633. The number of rotatable bonds is 5. The summed E-state index contributed by atoms with van der Waals surface area (Å²) in [5, 5.41) is 0. The van der Waals surface area contributed by atoms with Gasteiger partial charge in [0.15, 0.2) is 0 Å². The lowest BCUT2D eigenvalue weighted by molar-refractivity contribution is 0.362. The lowest BCUT2D eigenvalue weighted by Gasteiger charge is -2.19. The van der Waals surface area contributed by atoms with Crippen LogP contribution in [-0.4, -0.2) is 18.5 Å². The van der Waals surface area contributed by atoms with E-state index in [0.717, 1.165) is 18.7 Å². The molecule has 0 atom stereocenters. The first-order valence-corrected chi connectivity index (χ1v) is 7.81. The van der Waals surface area contributed by atoms with E-state index in [4.69, 9.17) is 0 Å². The Morgan fingerprint density at radius 2 is 2.00 bits per heavy atom. The third kappa shape index (κ3) is 6.33. The van der Waals surface area contributed by atoms with Crippen LogP contribution in [0.5, 0.6) is 0 Å². The smallest absolute Gasteiger partial charge is 0.0242 e. The van der Waals surface area contributed by atoms with Gasteiger partial charge in [-0.15, -0.1) is 0 Å². The van der Waals surface area contributed by atoms with E-state index in [2.05, 4.69) is 89.3 Å². The fourth-order valence-corrected chi connectivity index (χ4v) is 2.20. The second kappa shape index (κ2) is 8.01. The van der Waals surface area contributed by atoms with Crippen LogP contribution in [0.2, 0.25) is 0 Å². The molecule has 0 fully saturated rings. The van der Waals surface area contributed by atoms with Crippen molar-refractivity contribution in [3.63, 3.8) is 0 Å². The number of allylic oxidation sites excluding steroid dienone is 2. The summed E-state index contributed by atoms with van der Waals surface area (Å²) in [4.78, 5) is 2.30. The Bertz CT molecular complexity index is 603. The van der Waals surface area contributed by atoms with E-state index in [1.165, 1.54) is 16.7 Å². The monoisotopic (exact) mass is 295 g/mol. The molecule has 0 N–H and O–H groups in total. The quantitative estimate of drug-likeness (QED) is 0.686. The first kappa shape index (κ1) is 18.3. The molecule has 0 heterocycles. The maximum absolute atomic E-state index is 4.09. The molecule has 1 heteroatoms. The lowest BCUT2D eigenvalue weighted by Crippen LogP contribution is -2.19. The maximum Gasteiger partial charge on any atom is 0.0242 e. The van der Waals surface area contributed by atoms with E-state index >= 15 is 0 Å². The van der Waals surface area contributed by atoms with E-state index in [9.17, 15) is 0 Å². The molecule has 1 aromatic carbocycles. The molecule has 0 saturated heterocycles. The molecular formula is C21H29N. The third-order valence-electron chi connectivity index (χ3n) is 3.36. The van der Waals surface area contributed by atoms with Crippen LogP contribution in [0.15, 0.2) is 36.9 Å². The van der Waals surface area contributed by atoms with Crippen molar-refractivity contribution in [1.29, 1.82) is 0 Å². The number of benzene rings is 1. The maximum atomic E-state index is 4.09. The van der Waals surface area contributed by atoms with Gasteiger partial charge in [-0.1, -0.05) is 48.3 Å². The molecule has 1 nitrogen and oxygen atoms in total. The highest BCUT2D eigenvalue weighted by Gasteiger charge is 2.08. The Balaban J connectivity index is 2.70. The summed E-state index contributed by atoms with van der Waals surface area (Å²) in [7, 11) is 2.14. The summed E-state index contributed by atoms with van der Waals surface area (Å²) in [6.07, 6.45) is 4.08. The summed E-state index contributed by atoms with van der Waals surface area (Å²) in [5.41, 5.74) is 5.14. The van der Waals surface area contributed by atoms with Crippen molar-refractivity contribution in [3.05, 3.63) is 53.6 Å². The van der Waals surface area contributed by atoms with Crippen molar-refractivity contribution >= 4 is 5.57 Å². The van der Waals surface area contributed by atoms with E-state index in [1.807, 2.05) is 6.08 Å². The predicted molar refractivity (Wildman–Crippen MR) is 98.6 cm³/mol. The fourth-order valence-electron chi connectivity index (χ4n) is 2.20. The topological polar surface area (TPSA) is 3.24 Å². The number of aryl methyl sites for hydroxylation is 1. The van der Waals surface area contributed by atoms with E-state index in [-0.39, 0.29) is 5.41 Å². The van der Waals surface area contributed by atoms with Crippen molar-refractivity contribution in [2.24, 2.45) is 5.41 Å². The van der Waals surface area contributed by atoms with E-state index in [1.54, 1.807) is 0 Å². The van der Waals surface area contributed by atoms with Crippen LogP contribution in [0.4, 0.5) is 0 Å². The van der Waals surface area contributed by atoms with Gasteiger partial charge in [-0.25, -0.2) is 0 Å². The number of likely N-dealkylation sites (N-methyl/N-ethyl adjacent to an activating group) is 1.